The van der Waals surface area contributed by atoms with Gasteiger partial charge in [0.1, 0.15) is 0 Å². The van der Waals surface area contributed by atoms with Crippen LogP contribution in [-0.2, 0) is 10.8 Å². The van der Waals surface area contributed by atoms with Crippen molar-refractivity contribution >= 4 is 17.7 Å². The third-order valence-corrected chi connectivity index (χ3v) is 6.54. The molecule has 0 spiro atoms. The van der Waals surface area contributed by atoms with Gasteiger partial charge in [0.15, 0.2) is 5.78 Å². The summed E-state index contributed by atoms with van der Waals surface area (Å²) in [6, 6.07) is 20.5. The molecule has 0 bridgehead atoms. The van der Waals surface area contributed by atoms with Crippen molar-refractivity contribution in [3.8, 4) is 0 Å². The lowest BCUT2D eigenvalue weighted by atomic mass is 9.63. The van der Waals surface area contributed by atoms with E-state index in [4.69, 9.17) is 5.11 Å². The van der Waals surface area contributed by atoms with Gasteiger partial charge in [-0.1, -0.05) is 76.2 Å². The summed E-state index contributed by atoms with van der Waals surface area (Å²) in [5.74, 6) is -2.20. The number of carboxylic acids is 2. The van der Waals surface area contributed by atoms with Crippen LogP contribution in [0.25, 0.3) is 0 Å². The monoisotopic (exact) mass is 458 g/mol. The molecule has 4 rings (SSSR count). The van der Waals surface area contributed by atoms with E-state index in [9.17, 15) is 19.5 Å². The highest BCUT2D eigenvalue weighted by molar-refractivity contribution is 6.14. The van der Waals surface area contributed by atoms with Crippen LogP contribution < -0.4 is 0 Å². The molecule has 0 radical (unpaired) electrons. The summed E-state index contributed by atoms with van der Waals surface area (Å²) in [6.07, 6.45) is 2.18. The van der Waals surface area contributed by atoms with Crippen LogP contribution in [0.2, 0.25) is 0 Å². The number of aromatic carboxylic acids is 2. The lowest BCUT2D eigenvalue weighted by Crippen LogP contribution is -2.34. The van der Waals surface area contributed by atoms with Crippen molar-refractivity contribution in [3.05, 3.63) is 106 Å². The first-order valence-corrected chi connectivity index (χ1v) is 11.2. The topological polar surface area (TPSA) is 91.7 Å². The first-order valence-electron chi connectivity index (χ1n) is 11.2. The molecular weight excluding hydrogens is 428 g/mol. The van der Waals surface area contributed by atoms with E-state index in [1.165, 1.54) is 17.2 Å². The summed E-state index contributed by atoms with van der Waals surface area (Å²) in [5, 5.41) is 17.7. The van der Waals surface area contributed by atoms with Gasteiger partial charge >= 0.3 is 11.9 Å². The fraction of sp³-hybridized carbons (Fsp3) is 0.276. The number of hydrogen-bond acceptors (Lipinski definition) is 3. The van der Waals surface area contributed by atoms with Crippen molar-refractivity contribution in [1.82, 2.24) is 0 Å². The zero-order valence-corrected chi connectivity index (χ0v) is 20.0. The summed E-state index contributed by atoms with van der Waals surface area (Å²) in [7, 11) is 0. The second-order valence-corrected chi connectivity index (χ2v) is 9.88. The molecular formula is C29H30O5. The number of rotatable bonds is 4. The maximum atomic E-state index is 13.0. The summed E-state index contributed by atoms with van der Waals surface area (Å²) < 4.78 is 0. The van der Waals surface area contributed by atoms with Gasteiger partial charge in [0.2, 0.25) is 0 Å². The molecule has 1 aliphatic carbocycles. The van der Waals surface area contributed by atoms with Gasteiger partial charge < -0.3 is 10.2 Å². The van der Waals surface area contributed by atoms with Gasteiger partial charge in [-0.15, -0.1) is 0 Å². The average Bonchev–Trinajstić information content (AvgIpc) is 2.82. The second-order valence-electron chi connectivity index (χ2n) is 9.88. The fourth-order valence-electron chi connectivity index (χ4n) is 4.33. The Kier molecular flexibility index (Phi) is 7.06. The predicted molar refractivity (Wildman–Crippen MR) is 132 cm³/mol. The van der Waals surface area contributed by atoms with Gasteiger partial charge in [-0.05, 0) is 59.1 Å². The number of ketones is 1. The SMILES string of the molecule is CC1(C)CCC(C)(C)c2cc(C(=O)c3ccccc3C(=O)O)ccc21.O=C(O)c1ccccc1. The molecule has 0 saturated carbocycles. The molecule has 0 heterocycles. The second kappa shape index (κ2) is 9.64. The van der Waals surface area contributed by atoms with E-state index < -0.39 is 11.9 Å². The number of carbonyl (C=O) groups is 3. The van der Waals surface area contributed by atoms with Gasteiger partial charge in [-0.3, -0.25) is 4.79 Å². The van der Waals surface area contributed by atoms with Gasteiger partial charge in [-0.2, -0.15) is 0 Å². The van der Waals surface area contributed by atoms with Crippen molar-refractivity contribution in [1.29, 1.82) is 0 Å². The molecule has 0 fully saturated rings. The van der Waals surface area contributed by atoms with Crippen molar-refractivity contribution in [2.45, 2.75) is 51.4 Å². The Hall–Kier alpha value is -3.73. The Balaban J connectivity index is 0.000000302. The minimum Gasteiger partial charge on any atom is -0.478 e. The number of carbonyl (C=O) groups excluding carboxylic acids is 1. The van der Waals surface area contributed by atoms with Crippen molar-refractivity contribution in [3.63, 3.8) is 0 Å². The Bertz CT molecular complexity index is 1220. The Labute approximate surface area is 200 Å². The van der Waals surface area contributed by atoms with Crippen LogP contribution in [0.3, 0.4) is 0 Å². The molecule has 5 nitrogen and oxygen atoms in total. The van der Waals surface area contributed by atoms with E-state index in [0.29, 0.717) is 11.1 Å². The highest BCUT2D eigenvalue weighted by Crippen LogP contribution is 2.46. The lowest BCUT2D eigenvalue weighted by molar-refractivity contribution is 0.0684. The minimum absolute atomic E-state index is 0.00740. The van der Waals surface area contributed by atoms with Crippen LogP contribution in [-0.4, -0.2) is 27.9 Å². The molecule has 0 aromatic heterocycles. The number of carboxylic acid groups (broad SMARTS) is 2. The lowest BCUT2D eigenvalue weighted by Gasteiger charge is -2.42. The molecule has 0 unspecified atom stereocenters. The highest BCUT2D eigenvalue weighted by Gasteiger charge is 2.37. The Morgan fingerprint density at radius 1 is 0.618 bits per heavy atom. The summed E-state index contributed by atoms with van der Waals surface area (Å²) in [4.78, 5) is 34.6. The molecule has 0 aliphatic heterocycles. The molecule has 3 aromatic carbocycles. The molecule has 0 amide bonds. The van der Waals surface area contributed by atoms with E-state index in [1.54, 1.807) is 48.5 Å². The molecule has 3 aromatic rings. The third-order valence-electron chi connectivity index (χ3n) is 6.54. The van der Waals surface area contributed by atoms with E-state index in [1.807, 2.05) is 18.2 Å². The average molecular weight is 459 g/mol. The van der Waals surface area contributed by atoms with Gasteiger partial charge in [0.25, 0.3) is 0 Å². The van der Waals surface area contributed by atoms with E-state index in [0.717, 1.165) is 12.8 Å². The van der Waals surface area contributed by atoms with Gasteiger partial charge in [-0.25, -0.2) is 9.59 Å². The van der Waals surface area contributed by atoms with Crippen LogP contribution in [0.15, 0.2) is 72.8 Å². The summed E-state index contributed by atoms with van der Waals surface area (Å²) in [6.45, 7) is 8.89. The van der Waals surface area contributed by atoms with Crippen LogP contribution in [0.4, 0.5) is 0 Å². The van der Waals surface area contributed by atoms with E-state index >= 15 is 0 Å². The largest absolute Gasteiger partial charge is 0.478 e. The predicted octanol–water partition coefficient (Wildman–Crippen LogP) is 6.35. The smallest absolute Gasteiger partial charge is 0.336 e. The molecule has 5 heteroatoms. The van der Waals surface area contributed by atoms with Crippen LogP contribution in [0.5, 0.6) is 0 Å². The van der Waals surface area contributed by atoms with Gasteiger partial charge in [0, 0.05) is 11.1 Å². The summed E-state index contributed by atoms with van der Waals surface area (Å²) in [5.41, 5.74) is 3.75. The minimum atomic E-state index is -1.08. The van der Waals surface area contributed by atoms with Crippen molar-refractivity contribution < 1.29 is 24.6 Å². The van der Waals surface area contributed by atoms with Crippen LogP contribution >= 0.6 is 0 Å². The first kappa shape index (κ1) is 24.9. The zero-order chi connectivity index (χ0) is 25.1. The first-order chi connectivity index (χ1) is 15.9. The summed E-state index contributed by atoms with van der Waals surface area (Å²) >= 11 is 0. The molecule has 2 N–H and O–H groups in total. The maximum absolute atomic E-state index is 13.0. The maximum Gasteiger partial charge on any atom is 0.336 e. The van der Waals surface area contributed by atoms with E-state index in [2.05, 4.69) is 27.7 Å². The number of fused-ring (bicyclic) bond motifs is 1. The molecule has 34 heavy (non-hydrogen) atoms. The number of hydrogen-bond donors (Lipinski definition) is 2. The number of benzene rings is 3. The Morgan fingerprint density at radius 2 is 1.15 bits per heavy atom. The van der Waals surface area contributed by atoms with Gasteiger partial charge in [0.05, 0.1) is 11.1 Å². The van der Waals surface area contributed by atoms with E-state index in [-0.39, 0.29) is 27.7 Å². The fourth-order valence-corrected chi connectivity index (χ4v) is 4.33. The molecule has 0 atom stereocenters. The highest BCUT2D eigenvalue weighted by atomic mass is 16.4. The van der Waals surface area contributed by atoms with Crippen molar-refractivity contribution in [2.24, 2.45) is 0 Å². The Morgan fingerprint density at radius 3 is 1.68 bits per heavy atom. The standard InChI is InChI=1S/C22H24O3.C7H6O2/c1-21(2)11-12-22(3,4)18-13-14(9-10-17(18)21)19(23)15-7-5-6-8-16(15)20(24)25;8-7(9)6-4-2-1-3-5-6/h5-10,13H,11-12H2,1-4H3,(H,24,25);1-5H,(H,8,9). The molecule has 0 saturated heterocycles. The van der Waals surface area contributed by atoms with Crippen LogP contribution in [0.1, 0.15) is 88.3 Å². The third kappa shape index (κ3) is 5.25. The normalized spacial score (nSPS) is 15.3. The quantitative estimate of drug-likeness (QED) is 0.445. The van der Waals surface area contributed by atoms with Crippen LogP contribution in [0, 0.1) is 0 Å². The molecule has 176 valence electrons. The molecule has 1 aliphatic rings. The zero-order valence-electron chi connectivity index (χ0n) is 20.0. The van der Waals surface area contributed by atoms with Crippen molar-refractivity contribution in [2.75, 3.05) is 0 Å².